The first-order chi connectivity index (χ1) is 6.83. The fraction of sp³-hybridized carbons (Fsp3) is 1.00. The molecule has 0 amide bonds. The third kappa shape index (κ3) is 5.20. The zero-order chi connectivity index (χ0) is 10.2. The maximum Gasteiger partial charge on any atom is 0.0259 e. The summed E-state index contributed by atoms with van der Waals surface area (Å²) in [5, 5.41) is 2.36. The molecule has 1 aliphatic heterocycles. The van der Waals surface area contributed by atoms with Crippen LogP contribution in [0.5, 0.6) is 0 Å². The second-order valence-corrected chi connectivity index (χ2v) is 5.14. The van der Waals surface area contributed by atoms with E-state index in [1.54, 1.807) is 0 Å². The lowest BCUT2D eigenvalue weighted by molar-refractivity contribution is 0.105. The first-order valence-electron chi connectivity index (χ1n) is 5.57. The Labute approximate surface area is 92.2 Å². The lowest BCUT2D eigenvalue weighted by atomic mass is 10.4. The Bertz CT molecular complexity index is 135. The average Bonchev–Trinajstić information content (AvgIpc) is 2.21. The van der Waals surface area contributed by atoms with Crippen LogP contribution in [0.4, 0.5) is 0 Å². The molecule has 0 unspecified atom stereocenters. The second kappa shape index (κ2) is 7.51. The van der Waals surface area contributed by atoms with Gasteiger partial charge in [-0.3, -0.25) is 5.43 Å². The smallest absolute Gasteiger partial charge is 0.0259 e. The molecule has 0 aromatic heterocycles. The number of nitrogens with one attached hydrogen (secondary N) is 1. The van der Waals surface area contributed by atoms with Crippen LogP contribution in [-0.2, 0) is 0 Å². The Balaban J connectivity index is 1.91. The number of likely N-dealkylation sites (N-methyl/N-ethyl adjacent to an activating group) is 1. The largest absolute Gasteiger partial charge is 0.304 e. The van der Waals surface area contributed by atoms with Crippen molar-refractivity contribution in [3.8, 4) is 0 Å². The fourth-order valence-corrected chi connectivity index (χ4v) is 2.16. The third-order valence-corrected chi connectivity index (χ3v) is 3.49. The molecular weight excluding hydrogens is 194 g/mol. The van der Waals surface area contributed by atoms with Crippen molar-refractivity contribution in [1.82, 2.24) is 15.3 Å². The van der Waals surface area contributed by atoms with Crippen LogP contribution in [0.3, 0.4) is 0 Å². The first-order valence-corrected chi connectivity index (χ1v) is 6.73. The van der Waals surface area contributed by atoms with Crippen molar-refractivity contribution < 1.29 is 0 Å². The normalized spacial score (nSPS) is 20.1. The Morgan fingerprint density at radius 3 is 2.57 bits per heavy atom. The molecule has 1 N–H and O–H groups in total. The van der Waals surface area contributed by atoms with E-state index in [0.29, 0.717) is 0 Å². The van der Waals surface area contributed by atoms with Gasteiger partial charge in [-0.05, 0) is 25.0 Å². The van der Waals surface area contributed by atoms with Crippen molar-refractivity contribution in [1.29, 1.82) is 0 Å². The van der Waals surface area contributed by atoms with Gasteiger partial charge in [-0.2, -0.15) is 11.8 Å². The highest BCUT2D eigenvalue weighted by Gasteiger charge is 2.12. The topological polar surface area (TPSA) is 18.5 Å². The van der Waals surface area contributed by atoms with Crippen LogP contribution in [0.1, 0.15) is 13.3 Å². The molecule has 0 saturated carbocycles. The molecule has 84 valence electrons. The van der Waals surface area contributed by atoms with Crippen LogP contribution in [-0.4, -0.2) is 61.2 Å². The van der Waals surface area contributed by atoms with E-state index in [1.807, 2.05) is 11.8 Å². The number of nitrogens with zero attached hydrogens (tertiary/aromatic N) is 2. The van der Waals surface area contributed by atoms with E-state index in [4.69, 9.17) is 0 Å². The predicted octanol–water partition coefficient (Wildman–Crippen LogP) is 0.882. The van der Waals surface area contributed by atoms with Gasteiger partial charge >= 0.3 is 0 Å². The van der Waals surface area contributed by atoms with Gasteiger partial charge in [0.25, 0.3) is 0 Å². The van der Waals surface area contributed by atoms with Gasteiger partial charge in [0.2, 0.25) is 0 Å². The summed E-state index contributed by atoms with van der Waals surface area (Å²) in [5.41, 5.74) is 3.49. The SMILES string of the molecule is CCSCCCNN1CCN(C)CC1. The molecule has 0 aromatic carbocycles. The van der Waals surface area contributed by atoms with E-state index in [0.717, 1.165) is 19.6 Å². The number of hydrazine groups is 1. The number of rotatable bonds is 6. The van der Waals surface area contributed by atoms with E-state index in [1.165, 1.54) is 31.0 Å². The van der Waals surface area contributed by atoms with Crippen molar-refractivity contribution in [3.63, 3.8) is 0 Å². The monoisotopic (exact) mass is 217 g/mol. The Kier molecular flexibility index (Phi) is 6.60. The number of thioether (sulfide) groups is 1. The van der Waals surface area contributed by atoms with E-state index in [-0.39, 0.29) is 0 Å². The van der Waals surface area contributed by atoms with Gasteiger partial charge < -0.3 is 4.90 Å². The van der Waals surface area contributed by atoms with Gasteiger partial charge in [0.15, 0.2) is 0 Å². The van der Waals surface area contributed by atoms with Gasteiger partial charge in [-0.25, -0.2) is 5.01 Å². The summed E-state index contributed by atoms with van der Waals surface area (Å²) in [7, 11) is 2.19. The zero-order valence-electron chi connectivity index (χ0n) is 9.46. The van der Waals surface area contributed by atoms with Crippen LogP contribution < -0.4 is 5.43 Å². The zero-order valence-corrected chi connectivity index (χ0v) is 10.3. The molecular formula is C10H23N3S. The first kappa shape index (κ1) is 12.3. The Morgan fingerprint density at radius 1 is 1.21 bits per heavy atom. The highest BCUT2D eigenvalue weighted by atomic mass is 32.2. The summed E-state index contributed by atoms with van der Waals surface area (Å²) in [6.07, 6.45) is 1.28. The summed E-state index contributed by atoms with van der Waals surface area (Å²) in [6, 6.07) is 0. The van der Waals surface area contributed by atoms with Gasteiger partial charge in [0, 0.05) is 32.7 Å². The van der Waals surface area contributed by atoms with Crippen molar-refractivity contribution in [2.24, 2.45) is 0 Å². The number of hydrogen-bond acceptors (Lipinski definition) is 4. The maximum atomic E-state index is 3.49. The van der Waals surface area contributed by atoms with E-state index < -0.39 is 0 Å². The molecule has 0 spiro atoms. The molecule has 4 heteroatoms. The molecule has 1 saturated heterocycles. The van der Waals surface area contributed by atoms with Crippen LogP contribution in [0.2, 0.25) is 0 Å². The number of piperazine rings is 1. The van der Waals surface area contributed by atoms with Gasteiger partial charge in [-0.15, -0.1) is 0 Å². The minimum Gasteiger partial charge on any atom is -0.304 e. The summed E-state index contributed by atoms with van der Waals surface area (Å²) in [6.45, 7) is 8.07. The van der Waals surface area contributed by atoms with Crippen LogP contribution >= 0.6 is 11.8 Å². The molecule has 0 bridgehead atoms. The van der Waals surface area contributed by atoms with Crippen molar-refractivity contribution in [2.45, 2.75) is 13.3 Å². The molecule has 0 atom stereocenters. The highest BCUT2D eigenvalue weighted by Crippen LogP contribution is 2.00. The standard InChI is InChI=1S/C10H23N3S/c1-3-14-10-4-5-11-13-8-6-12(2)7-9-13/h11H,3-10H2,1-2H3. The average molecular weight is 217 g/mol. The van der Waals surface area contributed by atoms with Crippen molar-refractivity contribution >= 4 is 11.8 Å². The lowest BCUT2D eigenvalue weighted by Gasteiger charge is -2.32. The number of hydrogen-bond donors (Lipinski definition) is 1. The molecule has 1 aliphatic rings. The summed E-state index contributed by atoms with van der Waals surface area (Å²) < 4.78 is 0. The Hall–Kier alpha value is 0.230. The van der Waals surface area contributed by atoms with E-state index >= 15 is 0 Å². The molecule has 0 aliphatic carbocycles. The van der Waals surface area contributed by atoms with E-state index in [9.17, 15) is 0 Å². The van der Waals surface area contributed by atoms with Gasteiger partial charge in [-0.1, -0.05) is 6.92 Å². The quantitative estimate of drug-likeness (QED) is 0.666. The molecule has 0 radical (unpaired) electrons. The Morgan fingerprint density at radius 2 is 1.93 bits per heavy atom. The summed E-state index contributed by atoms with van der Waals surface area (Å²) in [4.78, 5) is 2.38. The van der Waals surface area contributed by atoms with Crippen LogP contribution in [0, 0.1) is 0 Å². The minimum absolute atomic E-state index is 1.14. The molecule has 1 rings (SSSR count). The van der Waals surface area contributed by atoms with Gasteiger partial charge in [0.1, 0.15) is 0 Å². The summed E-state index contributed by atoms with van der Waals surface area (Å²) >= 11 is 2.03. The van der Waals surface area contributed by atoms with E-state index in [2.05, 4.69) is 29.3 Å². The van der Waals surface area contributed by atoms with Crippen LogP contribution in [0.15, 0.2) is 0 Å². The van der Waals surface area contributed by atoms with Gasteiger partial charge in [0.05, 0.1) is 0 Å². The molecule has 3 nitrogen and oxygen atoms in total. The summed E-state index contributed by atoms with van der Waals surface area (Å²) in [5.74, 6) is 2.53. The fourth-order valence-electron chi connectivity index (χ4n) is 1.52. The van der Waals surface area contributed by atoms with Crippen molar-refractivity contribution in [2.75, 3.05) is 51.3 Å². The molecule has 0 aromatic rings. The maximum absolute atomic E-state index is 3.49. The molecule has 1 heterocycles. The second-order valence-electron chi connectivity index (χ2n) is 3.75. The highest BCUT2D eigenvalue weighted by molar-refractivity contribution is 7.99. The third-order valence-electron chi connectivity index (χ3n) is 2.51. The van der Waals surface area contributed by atoms with Crippen molar-refractivity contribution in [3.05, 3.63) is 0 Å². The molecule has 14 heavy (non-hydrogen) atoms. The lowest BCUT2D eigenvalue weighted by Crippen LogP contribution is -2.50. The van der Waals surface area contributed by atoms with Crippen LogP contribution in [0.25, 0.3) is 0 Å². The predicted molar refractivity (Wildman–Crippen MR) is 64.7 cm³/mol. The molecule has 1 fully saturated rings. The minimum atomic E-state index is 1.14.